The summed E-state index contributed by atoms with van der Waals surface area (Å²) in [5.41, 5.74) is 18.7. The van der Waals surface area contributed by atoms with Crippen molar-refractivity contribution in [3.8, 4) is 11.1 Å². The lowest BCUT2D eigenvalue weighted by Crippen LogP contribution is -2.09. The van der Waals surface area contributed by atoms with Crippen molar-refractivity contribution in [1.82, 2.24) is 0 Å². The molecule has 4 N–H and O–H groups in total. The Morgan fingerprint density at radius 2 is 1.04 bits per heavy atom. The van der Waals surface area contributed by atoms with Crippen LogP contribution in [0.15, 0.2) is 102 Å². The summed E-state index contributed by atoms with van der Waals surface area (Å²) in [6.45, 7) is 0. The van der Waals surface area contributed by atoms with Crippen molar-refractivity contribution in [2.45, 2.75) is 0 Å². The van der Waals surface area contributed by atoms with E-state index >= 15 is 0 Å². The molecular formula is C24H20BrN3. The summed E-state index contributed by atoms with van der Waals surface area (Å²) < 4.78 is 0.810. The van der Waals surface area contributed by atoms with E-state index in [4.69, 9.17) is 11.5 Å². The molecule has 138 valence electrons. The van der Waals surface area contributed by atoms with Crippen LogP contribution in [-0.2, 0) is 0 Å². The highest BCUT2D eigenvalue weighted by Crippen LogP contribution is 2.38. The molecule has 0 bridgehead atoms. The molecule has 0 saturated heterocycles. The Morgan fingerprint density at radius 1 is 0.536 bits per heavy atom. The van der Waals surface area contributed by atoms with Gasteiger partial charge in [-0.15, -0.1) is 0 Å². The second-order valence-electron chi connectivity index (χ2n) is 6.48. The molecule has 0 spiro atoms. The normalized spacial score (nSPS) is 10.6. The fourth-order valence-corrected chi connectivity index (χ4v) is 3.60. The zero-order chi connectivity index (χ0) is 19.5. The Labute approximate surface area is 173 Å². The van der Waals surface area contributed by atoms with E-state index in [9.17, 15) is 0 Å². The Kier molecular flexibility index (Phi) is 5.04. The lowest BCUT2D eigenvalue weighted by Gasteiger charge is -2.25. The molecule has 0 aliphatic rings. The molecule has 0 unspecified atom stereocenters. The highest BCUT2D eigenvalue weighted by molar-refractivity contribution is 9.10. The lowest BCUT2D eigenvalue weighted by molar-refractivity contribution is 1.28. The molecule has 0 fully saturated rings. The summed E-state index contributed by atoms with van der Waals surface area (Å²) >= 11 is 3.42. The minimum Gasteiger partial charge on any atom is -0.397 e. The maximum Gasteiger partial charge on any atom is 0.0698 e. The van der Waals surface area contributed by atoms with Crippen molar-refractivity contribution in [3.05, 3.63) is 102 Å². The highest BCUT2D eigenvalue weighted by atomic mass is 79.9. The molecule has 0 aliphatic carbocycles. The highest BCUT2D eigenvalue weighted by Gasteiger charge is 2.13. The first-order chi connectivity index (χ1) is 13.6. The molecule has 0 aliphatic heterocycles. The fourth-order valence-electron chi connectivity index (χ4n) is 3.25. The van der Waals surface area contributed by atoms with Crippen LogP contribution in [0.25, 0.3) is 11.1 Å². The topological polar surface area (TPSA) is 55.3 Å². The second-order valence-corrected chi connectivity index (χ2v) is 7.33. The van der Waals surface area contributed by atoms with E-state index in [-0.39, 0.29) is 0 Å². The number of nitrogens with zero attached hydrogens (tertiary/aromatic N) is 1. The first kappa shape index (κ1) is 18.1. The minimum absolute atomic E-state index is 0.566. The van der Waals surface area contributed by atoms with E-state index in [1.165, 1.54) is 0 Å². The summed E-state index contributed by atoms with van der Waals surface area (Å²) in [6, 6.07) is 32.9. The number of hydrogen-bond donors (Lipinski definition) is 2. The number of benzene rings is 4. The van der Waals surface area contributed by atoms with Crippen molar-refractivity contribution >= 4 is 44.4 Å². The van der Waals surface area contributed by atoms with Gasteiger partial charge in [0.15, 0.2) is 0 Å². The number of halogens is 1. The molecule has 0 amide bonds. The maximum absolute atomic E-state index is 6.23. The van der Waals surface area contributed by atoms with Gasteiger partial charge in [0, 0.05) is 27.1 Å². The number of nitrogen functional groups attached to an aromatic ring is 2. The molecule has 0 saturated carbocycles. The average Bonchev–Trinajstić information content (AvgIpc) is 2.75. The van der Waals surface area contributed by atoms with Gasteiger partial charge in [-0.1, -0.05) is 54.6 Å². The number of rotatable bonds is 4. The molecule has 4 heteroatoms. The van der Waals surface area contributed by atoms with Gasteiger partial charge in [-0.3, -0.25) is 0 Å². The van der Waals surface area contributed by atoms with Crippen LogP contribution in [0.1, 0.15) is 0 Å². The third-order valence-corrected chi connectivity index (χ3v) is 5.39. The van der Waals surface area contributed by atoms with E-state index in [1.807, 2.05) is 48.5 Å². The molecule has 0 aromatic heterocycles. The van der Waals surface area contributed by atoms with Gasteiger partial charge in [-0.05, 0) is 64.0 Å². The first-order valence-electron chi connectivity index (χ1n) is 8.99. The van der Waals surface area contributed by atoms with E-state index in [2.05, 4.69) is 69.4 Å². The number of para-hydroxylation sites is 2. The van der Waals surface area contributed by atoms with Crippen molar-refractivity contribution < 1.29 is 0 Å². The van der Waals surface area contributed by atoms with Crippen LogP contribution in [0, 0.1) is 0 Å². The van der Waals surface area contributed by atoms with Crippen molar-refractivity contribution in [2.75, 3.05) is 16.4 Å². The molecule has 0 atom stereocenters. The predicted molar refractivity (Wildman–Crippen MR) is 123 cm³/mol. The Hall–Kier alpha value is -3.24. The Bertz CT molecular complexity index is 1040. The van der Waals surface area contributed by atoms with Gasteiger partial charge in [-0.25, -0.2) is 0 Å². The average molecular weight is 430 g/mol. The molecule has 0 radical (unpaired) electrons. The van der Waals surface area contributed by atoms with Gasteiger partial charge in [0.1, 0.15) is 0 Å². The van der Waals surface area contributed by atoms with Gasteiger partial charge < -0.3 is 16.4 Å². The van der Waals surface area contributed by atoms with Crippen LogP contribution in [0.2, 0.25) is 0 Å². The van der Waals surface area contributed by atoms with Crippen molar-refractivity contribution in [3.63, 3.8) is 0 Å². The molecule has 4 rings (SSSR count). The quantitative estimate of drug-likeness (QED) is 0.352. The maximum atomic E-state index is 6.23. The molecule has 4 aromatic rings. The lowest BCUT2D eigenvalue weighted by atomic mass is 10.0. The van der Waals surface area contributed by atoms with Crippen molar-refractivity contribution in [1.29, 1.82) is 0 Å². The van der Waals surface area contributed by atoms with Gasteiger partial charge in [-0.2, -0.15) is 0 Å². The largest absolute Gasteiger partial charge is 0.397 e. The van der Waals surface area contributed by atoms with E-state index in [1.54, 1.807) is 0 Å². The van der Waals surface area contributed by atoms with E-state index in [0.29, 0.717) is 11.4 Å². The minimum atomic E-state index is 0.566. The molecule has 3 nitrogen and oxygen atoms in total. The number of nitrogens with two attached hydrogens (primary N) is 2. The fraction of sp³-hybridized carbons (Fsp3) is 0. The van der Waals surface area contributed by atoms with E-state index in [0.717, 1.165) is 32.7 Å². The van der Waals surface area contributed by atoms with Crippen LogP contribution < -0.4 is 16.4 Å². The van der Waals surface area contributed by atoms with Gasteiger partial charge >= 0.3 is 0 Å². The summed E-state index contributed by atoms with van der Waals surface area (Å²) in [7, 11) is 0. The van der Waals surface area contributed by atoms with Crippen molar-refractivity contribution in [2.24, 2.45) is 0 Å². The SMILES string of the molecule is Nc1c(Br)ccc(-c2ccc(N(c3ccccc3)c3ccccc3)cc2)c1N. The zero-order valence-corrected chi connectivity index (χ0v) is 16.8. The predicted octanol–water partition coefficient (Wildman–Crippen LogP) is 6.75. The monoisotopic (exact) mass is 429 g/mol. The zero-order valence-electron chi connectivity index (χ0n) is 15.2. The summed E-state index contributed by atoms with van der Waals surface area (Å²) in [4.78, 5) is 2.23. The standard InChI is InChI=1S/C24H20BrN3/c25-22-16-15-21(23(26)24(22)27)17-11-13-20(14-12-17)28(18-7-3-1-4-8-18)19-9-5-2-6-10-19/h1-16H,26-27H2. The van der Waals surface area contributed by atoms with E-state index < -0.39 is 0 Å². The molecule has 4 aromatic carbocycles. The Balaban J connectivity index is 1.76. The third-order valence-electron chi connectivity index (χ3n) is 4.70. The second kappa shape index (κ2) is 7.79. The molecular weight excluding hydrogens is 410 g/mol. The summed E-state index contributed by atoms with van der Waals surface area (Å²) in [5.74, 6) is 0. The van der Waals surface area contributed by atoms with Crippen LogP contribution in [0.3, 0.4) is 0 Å². The number of hydrogen-bond acceptors (Lipinski definition) is 3. The summed E-state index contributed by atoms with van der Waals surface area (Å²) in [5, 5.41) is 0. The van der Waals surface area contributed by atoms with Crippen LogP contribution in [0.5, 0.6) is 0 Å². The Morgan fingerprint density at radius 3 is 1.57 bits per heavy atom. The first-order valence-corrected chi connectivity index (χ1v) is 9.78. The summed E-state index contributed by atoms with van der Waals surface area (Å²) in [6.07, 6.45) is 0. The molecule has 0 heterocycles. The van der Waals surface area contributed by atoms with Crippen LogP contribution in [0.4, 0.5) is 28.4 Å². The van der Waals surface area contributed by atoms with Gasteiger partial charge in [0.05, 0.1) is 11.4 Å². The van der Waals surface area contributed by atoms with Gasteiger partial charge in [0.2, 0.25) is 0 Å². The third kappa shape index (κ3) is 3.47. The smallest absolute Gasteiger partial charge is 0.0698 e. The van der Waals surface area contributed by atoms with Crippen LogP contribution in [-0.4, -0.2) is 0 Å². The van der Waals surface area contributed by atoms with Crippen LogP contribution >= 0.6 is 15.9 Å². The number of anilines is 5. The van der Waals surface area contributed by atoms with Gasteiger partial charge in [0.25, 0.3) is 0 Å². The molecule has 28 heavy (non-hydrogen) atoms.